The van der Waals surface area contributed by atoms with Gasteiger partial charge in [0.05, 0.1) is 18.4 Å². The third-order valence-electron chi connectivity index (χ3n) is 3.47. The van der Waals surface area contributed by atoms with Crippen LogP contribution in [0.4, 0.5) is 18.9 Å². The highest BCUT2D eigenvalue weighted by molar-refractivity contribution is 5.98. The zero-order chi connectivity index (χ0) is 16.6. The summed E-state index contributed by atoms with van der Waals surface area (Å²) in [6, 6.07) is 9.23. The van der Waals surface area contributed by atoms with Crippen molar-refractivity contribution in [2.75, 3.05) is 12.4 Å². The summed E-state index contributed by atoms with van der Waals surface area (Å²) in [7, 11) is 1.50. The third kappa shape index (κ3) is 2.94. The van der Waals surface area contributed by atoms with E-state index in [1.807, 2.05) is 0 Å². The van der Waals surface area contributed by atoms with E-state index in [-0.39, 0.29) is 0 Å². The molecule has 2 aromatic rings. The number of carbonyl (C=O) groups is 1. The molecule has 1 atom stereocenters. The maximum absolute atomic E-state index is 12.6. The van der Waals surface area contributed by atoms with Crippen LogP contribution in [0.15, 0.2) is 42.5 Å². The van der Waals surface area contributed by atoms with Crippen molar-refractivity contribution in [1.29, 1.82) is 0 Å². The fraction of sp³-hybridized carbons (Fsp3) is 0.188. The lowest BCUT2D eigenvalue weighted by Crippen LogP contribution is -2.30. The first-order chi connectivity index (χ1) is 10.9. The van der Waals surface area contributed by atoms with Crippen LogP contribution in [-0.4, -0.2) is 13.0 Å². The van der Waals surface area contributed by atoms with Gasteiger partial charge in [0.15, 0.2) is 0 Å². The van der Waals surface area contributed by atoms with Gasteiger partial charge < -0.3 is 14.8 Å². The Balaban J connectivity index is 1.88. The lowest BCUT2D eigenvalue weighted by atomic mass is 10.0. The largest absolute Gasteiger partial charge is 0.497 e. The van der Waals surface area contributed by atoms with Gasteiger partial charge in [-0.15, -0.1) is 0 Å². The number of carbonyl (C=O) groups excluding carboxylic acids is 1. The number of rotatable bonds is 2. The molecule has 23 heavy (non-hydrogen) atoms. The Kier molecular flexibility index (Phi) is 3.63. The number of anilines is 1. The first-order valence-electron chi connectivity index (χ1n) is 6.71. The normalized spacial score (nSPS) is 17.0. The molecule has 1 aliphatic rings. The second-order valence-corrected chi connectivity index (χ2v) is 4.97. The van der Waals surface area contributed by atoms with Gasteiger partial charge in [-0.25, -0.2) is 0 Å². The van der Waals surface area contributed by atoms with Gasteiger partial charge in [-0.05, 0) is 24.3 Å². The first-order valence-corrected chi connectivity index (χ1v) is 6.71. The molecule has 0 fully saturated rings. The van der Waals surface area contributed by atoms with Crippen LogP contribution in [0.5, 0.6) is 11.5 Å². The van der Waals surface area contributed by atoms with E-state index in [1.165, 1.54) is 19.2 Å². The van der Waals surface area contributed by atoms with Crippen molar-refractivity contribution >= 4 is 11.6 Å². The minimum atomic E-state index is -4.42. The van der Waals surface area contributed by atoms with Crippen molar-refractivity contribution in [1.82, 2.24) is 0 Å². The highest BCUT2D eigenvalue weighted by Crippen LogP contribution is 2.38. The predicted octanol–water partition coefficient (Wildman–Crippen LogP) is 3.79. The monoisotopic (exact) mass is 323 g/mol. The molecule has 0 spiro atoms. The molecule has 0 aromatic heterocycles. The number of ether oxygens (including phenoxy) is 2. The van der Waals surface area contributed by atoms with Gasteiger partial charge in [0, 0.05) is 11.6 Å². The van der Waals surface area contributed by atoms with Crippen LogP contribution in [0.25, 0.3) is 0 Å². The number of hydrogen-bond donors (Lipinski definition) is 1. The number of alkyl halides is 3. The minimum absolute atomic E-state index is 0.344. The van der Waals surface area contributed by atoms with E-state index in [0.717, 1.165) is 12.1 Å². The van der Waals surface area contributed by atoms with Crippen molar-refractivity contribution in [2.24, 2.45) is 0 Å². The fourth-order valence-electron chi connectivity index (χ4n) is 2.28. The van der Waals surface area contributed by atoms with Crippen LogP contribution in [0.2, 0.25) is 0 Å². The molecule has 1 aliphatic heterocycles. The Bertz CT molecular complexity index is 741. The van der Waals surface area contributed by atoms with E-state index in [0.29, 0.717) is 22.7 Å². The Labute approximate surface area is 129 Å². The summed E-state index contributed by atoms with van der Waals surface area (Å²) >= 11 is 0. The highest BCUT2D eigenvalue weighted by Gasteiger charge is 2.32. The van der Waals surface area contributed by atoms with Gasteiger partial charge in [0.2, 0.25) is 6.10 Å². The van der Waals surface area contributed by atoms with Crippen LogP contribution in [0.1, 0.15) is 17.2 Å². The van der Waals surface area contributed by atoms with Gasteiger partial charge in [-0.1, -0.05) is 12.1 Å². The lowest BCUT2D eigenvalue weighted by molar-refractivity contribution is -0.137. The van der Waals surface area contributed by atoms with Crippen molar-refractivity contribution < 1.29 is 27.4 Å². The molecule has 1 amide bonds. The molecule has 0 aliphatic carbocycles. The molecular formula is C16H12F3NO3. The molecule has 0 radical (unpaired) electrons. The lowest BCUT2D eigenvalue weighted by Gasteiger charge is -2.26. The summed E-state index contributed by atoms with van der Waals surface area (Å²) in [5.74, 6) is 0.529. The molecule has 4 nitrogen and oxygen atoms in total. The Hall–Kier alpha value is -2.70. The zero-order valence-electron chi connectivity index (χ0n) is 12.0. The topological polar surface area (TPSA) is 47.6 Å². The molecule has 1 N–H and O–H groups in total. The molecular weight excluding hydrogens is 311 g/mol. The second kappa shape index (κ2) is 5.49. The maximum Gasteiger partial charge on any atom is 0.416 e. The number of benzene rings is 2. The molecule has 0 saturated heterocycles. The van der Waals surface area contributed by atoms with Gasteiger partial charge >= 0.3 is 6.18 Å². The van der Waals surface area contributed by atoms with Crippen LogP contribution >= 0.6 is 0 Å². The molecule has 2 aromatic carbocycles. The molecule has 1 heterocycles. The molecule has 3 rings (SSSR count). The zero-order valence-corrected chi connectivity index (χ0v) is 12.0. The molecule has 0 bridgehead atoms. The second-order valence-electron chi connectivity index (χ2n) is 4.97. The SMILES string of the molecule is COc1ccc2c(c1)NC(=O)[C@@H](c1ccc(C(F)(F)F)cc1)O2. The average molecular weight is 323 g/mol. The number of nitrogens with one attached hydrogen (secondary N) is 1. The summed E-state index contributed by atoms with van der Waals surface area (Å²) in [6.07, 6.45) is -5.42. The maximum atomic E-state index is 12.6. The summed E-state index contributed by atoms with van der Waals surface area (Å²) in [5, 5.41) is 2.66. The fourth-order valence-corrected chi connectivity index (χ4v) is 2.28. The van der Waals surface area contributed by atoms with Gasteiger partial charge in [0.1, 0.15) is 11.5 Å². The van der Waals surface area contributed by atoms with Gasteiger partial charge in [0.25, 0.3) is 5.91 Å². The number of methoxy groups -OCH3 is 1. The van der Waals surface area contributed by atoms with Gasteiger partial charge in [-0.3, -0.25) is 4.79 Å². The number of hydrogen-bond acceptors (Lipinski definition) is 3. The third-order valence-corrected chi connectivity index (χ3v) is 3.47. The van der Waals surface area contributed by atoms with E-state index < -0.39 is 23.8 Å². The quantitative estimate of drug-likeness (QED) is 0.915. The Morgan fingerprint density at radius 1 is 1.13 bits per heavy atom. The predicted molar refractivity (Wildman–Crippen MR) is 76.4 cm³/mol. The molecule has 120 valence electrons. The van der Waals surface area contributed by atoms with Crippen molar-refractivity contribution in [3.63, 3.8) is 0 Å². The standard InChI is InChI=1S/C16H12F3NO3/c1-22-11-6-7-13-12(8-11)20-15(21)14(23-13)9-2-4-10(5-3-9)16(17,18)19/h2-8,14H,1H3,(H,20,21)/t14-/m1/s1. The smallest absolute Gasteiger partial charge is 0.416 e. The van der Waals surface area contributed by atoms with E-state index in [4.69, 9.17) is 9.47 Å². The van der Waals surface area contributed by atoms with Crippen LogP contribution in [0, 0.1) is 0 Å². The minimum Gasteiger partial charge on any atom is -0.497 e. The molecule has 0 unspecified atom stereocenters. The van der Waals surface area contributed by atoms with Gasteiger partial charge in [-0.2, -0.15) is 13.2 Å². The number of halogens is 3. The van der Waals surface area contributed by atoms with E-state index in [1.54, 1.807) is 18.2 Å². The van der Waals surface area contributed by atoms with Crippen LogP contribution in [0.3, 0.4) is 0 Å². The van der Waals surface area contributed by atoms with Crippen molar-refractivity contribution in [2.45, 2.75) is 12.3 Å². The summed E-state index contributed by atoms with van der Waals surface area (Å²) in [6.45, 7) is 0. The molecule has 0 saturated carbocycles. The van der Waals surface area contributed by atoms with E-state index >= 15 is 0 Å². The summed E-state index contributed by atoms with van der Waals surface area (Å²) < 4.78 is 48.4. The Morgan fingerprint density at radius 3 is 2.43 bits per heavy atom. The van der Waals surface area contributed by atoms with E-state index in [2.05, 4.69) is 5.32 Å². The average Bonchev–Trinajstić information content (AvgIpc) is 2.53. The number of amides is 1. The van der Waals surface area contributed by atoms with Crippen molar-refractivity contribution in [3.8, 4) is 11.5 Å². The highest BCUT2D eigenvalue weighted by atomic mass is 19.4. The number of fused-ring (bicyclic) bond motifs is 1. The van der Waals surface area contributed by atoms with Crippen LogP contribution < -0.4 is 14.8 Å². The molecule has 7 heteroatoms. The van der Waals surface area contributed by atoms with Crippen LogP contribution in [-0.2, 0) is 11.0 Å². The van der Waals surface area contributed by atoms with E-state index in [9.17, 15) is 18.0 Å². The Morgan fingerprint density at radius 2 is 1.83 bits per heavy atom. The summed E-state index contributed by atoms with van der Waals surface area (Å²) in [4.78, 5) is 12.1. The first kappa shape index (κ1) is 15.2. The summed E-state index contributed by atoms with van der Waals surface area (Å²) in [5.41, 5.74) is 0.0251. The van der Waals surface area contributed by atoms with Crippen molar-refractivity contribution in [3.05, 3.63) is 53.6 Å².